The summed E-state index contributed by atoms with van der Waals surface area (Å²) in [5, 5.41) is 0. The van der Waals surface area contributed by atoms with Gasteiger partial charge in [0.1, 0.15) is 6.61 Å². The normalized spacial score (nSPS) is 12.6. The lowest BCUT2D eigenvalue weighted by molar-refractivity contribution is -0.163. The van der Waals surface area contributed by atoms with Crippen molar-refractivity contribution in [1.82, 2.24) is 0 Å². The first-order valence-corrected chi connectivity index (χ1v) is 24.2. The highest BCUT2D eigenvalue weighted by molar-refractivity contribution is 5.70. The molecule has 326 valence electrons. The Balaban J connectivity index is 4.03. The minimum absolute atomic E-state index is 0.0834. The molecule has 56 heavy (non-hydrogen) atoms. The van der Waals surface area contributed by atoms with Gasteiger partial charge < -0.3 is 14.2 Å². The van der Waals surface area contributed by atoms with Gasteiger partial charge in [0.2, 0.25) is 0 Å². The molecule has 1 unspecified atom stereocenters. The van der Waals surface area contributed by atoms with E-state index in [0.717, 1.165) is 70.6 Å². The molecule has 0 rings (SSSR count). The Hall–Kier alpha value is -2.14. The molecular formula is C51H92O5. The predicted octanol–water partition coefficient (Wildman–Crippen LogP) is 16.0. The molecule has 0 bridgehead atoms. The van der Waals surface area contributed by atoms with E-state index in [9.17, 15) is 9.59 Å². The molecule has 0 aliphatic heterocycles. The Labute approximate surface area is 348 Å². The first kappa shape index (κ1) is 53.9. The van der Waals surface area contributed by atoms with Crippen LogP contribution >= 0.6 is 0 Å². The second-order valence-electron chi connectivity index (χ2n) is 16.0. The van der Waals surface area contributed by atoms with Crippen LogP contribution in [0.5, 0.6) is 0 Å². The summed E-state index contributed by atoms with van der Waals surface area (Å²) < 4.78 is 17.2. The van der Waals surface area contributed by atoms with Gasteiger partial charge in [-0.25, -0.2) is 0 Å². The van der Waals surface area contributed by atoms with E-state index in [0.29, 0.717) is 19.4 Å². The summed E-state index contributed by atoms with van der Waals surface area (Å²) in [6.07, 6.45) is 57.1. The predicted molar refractivity (Wildman–Crippen MR) is 242 cm³/mol. The van der Waals surface area contributed by atoms with Crippen molar-refractivity contribution in [2.75, 3.05) is 19.8 Å². The molecule has 5 heteroatoms. The van der Waals surface area contributed by atoms with Gasteiger partial charge >= 0.3 is 11.9 Å². The second-order valence-corrected chi connectivity index (χ2v) is 16.0. The highest BCUT2D eigenvalue weighted by atomic mass is 16.6. The number of carbonyl (C=O) groups is 2. The molecule has 0 aromatic carbocycles. The number of carbonyl (C=O) groups excluding carboxylic acids is 2. The SMILES string of the molecule is CC/C=C\C/C=C\C/C=C\C/C=C\CCCCCCCCCOCC(COC(=O)CCCCCCCCCCCCCCCCC)OC(=O)CCCCCCC. The summed E-state index contributed by atoms with van der Waals surface area (Å²) in [4.78, 5) is 25.1. The van der Waals surface area contributed by atoms with E-state index in [1.807, 2.05) is 0 Å². The van der Waals surface area contributed by atoms with Crippen LogP contribution in [-0.4, -0.2) is 37.9 Å². The Morgan fingerprint density at radius 2 is 0.804 bits per heavy atom. The van der Waals surface area contributed by atoms with Crippen molar-refractivity contribution in [2.24, 2.45) is 0 Å². The zero-order valence-electron chi connectivity index (χ0n) is 37.4. The summed E-state index contributed by atoms with van der Waals surface area (Å²) in [7, 11) is 0. The van der Waals surface area contributed by atoms with Gasteiger partial charge in [0.05, 0.1) is 6.61 Å². The number of allylic oxidation sites excluding steroid dienone is 8. The number of hydrogen-bond acceptors (Lipinski definition) is 5. The molecule has 0 aromatic rings. The first-order valence-electron chi connectivity index (χ1n) is 24.2. The highest BCUT2D eigenvalue weighted by Crippen LogP contribution is 2.15. The number of hydrogen-bond donors (Lipinski definition) is 0. The number of ether oxygens (including phenoxy) is 3. The minimum Gasteiger partial charge on any atom is -0.462 e. The van der Waals surface area contributed by atoms with Gasteiger partial charge in [-0.3, -0.25) is 9.59 Å². The van der Waals surface area contributed by atoms with Crippen LogP contribution in [0.1, 0.15) is 239 Å². The van der Waals surface area contributed by atoms with Gasteiger partial charge in [0, 0.05) is 19.4 Å². The maximum atomic E-state index is 12.6. The van der Waals surface area contributed by atoms with E-state index in [-0.39, 0.29) is 25.2 Å². The maximum Gasteiger partial charge on any atom is 0.306 e. The van der Waals surface area contributed by atoms with Crippen LogP contribution in [0.25, 0.3) is 0 Å². The van der Waals surface area contributed by atoms with Crippen LogP contribution in [0.3, 0.4) is 0 Å². The first-order chi connectivity index (χ1) is 27.6. The fourth-order valence-corrected chi connectivity index (χ4v) is 6.80. The zero-order valence-corrected chi connectivity index (χ0v) is 37.4. The Bertz CT molecular complexity index is 935. The van der Waals surface area contributed by atoms with Crippen LogP contribution in [0.4, 0.5) is 0 Å². The Kier molecular flexibility index (Phi) is 45.4. The highest BCUT2D eigenvalue weighted by Gasteiger charge is 2.17. The number of rotatable bonds is 44. The van der Waals surface area contributed by atoms with Crippen LogP contribution in [0.2, 0.25) is 0 Å². The van der Waals surface area contributed by atoms with E-state index in [1.165, 1.54) is 135 Å². The van der Waals surface area contributed by atoms with Crippen molar-refractivity contribution < 1.29 is 23.8 Å². The third-order valence-corrected chi connectivity index (χ3v) is 10.4. The van der Waals surface area contributed by atoms with E-state index >= 15 is 0 Å². The van der Waals surface area contributed by atoms with Crippen molar-refractivity contribution in [2.45, 2.75) is 245 Å². The van der Waals surface area contributed by atoms with Gasteiger partial charge in [-0.05, 0) is 57.8 Å². The fraction of sp³-hybridized carbons (Fsp3) is 0.804. The second kappa shape index (κ2) is 47.2. The molecule has 0 saturated heterocycles. The van der Waals surface area contributed by atoms with E-state index < -0.39 is 6.10 Å². The van der Waals surface area contributed by atoms with Crippen LogP contribution in [0.15, 0.2) is 48.6 Å². The summed E-state index contributed by atoms with van der Waals surface area (Å²) in [5.41, 5.74) is 0. The Morgan fingerprint density at radius 3 is 1.29 bits per heavy atom. The summed E-state index contributed by atoms with van der Waals surface area (Å²) >= 11 is 0. The van der Waals surface area contributed by atoms with Gasteiger partial charge in [-0.1, -0.05) is 217 Å². The van der Waals surface area contributed by atoms with Crippen LogP contribution < -0.4 is 0 Å². The zero-order chi connectivity index (χ0) is 40.7. The molecule has 5 nitrogen and oxygen atoms in total. The quantitative estimate of drug-likeness (QED) is 0.0350. The molecule has 0 saturated carbocycles. The van der Waals surface area contributed by atoms with Crippen molar-refractivity contribution in [1.29, 1.82) is 0 Å². The third kappa shape index (κ3) is 44.6. The van der Waals surface area contributed by atoms with Crippen LogP contribution in [-0.2, 0) is 23.8 Å². The fourth-order valence-electron chi connectivity index (χ4n) is 6.80. The lowest BCUT2D eigenvalue weighted by atomic mass is 10.0. The smallest absolute Gasteiger partial charge is 0.306 e. The van der Waals surface area contributed by atoms with Gasteiger partial charge in [-0.15, -0.1) is 0 Å². The molecule has 0 spiro atoms. The molecule has 0 aliphatic carbocycles. The molecule has 0 aromatic heterocycles. The minimum atomic E-state index is -0.534. The van der Waals surface area contributed by atoms with Crippen molar-refractivity contribution in [3.8, 4) is 0 Å². The maximum absolute atomic E-state index is 12.6. The summed E-state index contributed by atoms with van der Waals surface area (Å²) in [6, 6.07) is 0. The van der Waals surface area contributed by atoms with Gasteiger partial charge in [0.15, 0.2) is 6.10 Å². The molecule has 0 fully saturated rings. The molecular weight excluding hydrogens is 693 g/mol. The van der Waals surface area contributed by atoms with Crippen molar-refractivity contribution in [3.63, 3.8) is 0 Å². The van der Waals surface area contributed by atoms with E-state index in [2.05, 4.69) is 69.4 Å². The average molecular weight is 785 g/mol. The largest absolute Gasteiger partial charge is 0.462 e. The Morgan fingerprint density at radius 1 is 0.411 bits per heavy atom. The molecule has 0 aliphatic rings. The molecule has 1 atom stereocenters. The van der Waals surface area contributed by atoms with E-state index in [4.69, 9.17) is 14.2 Å². The topological polar surface area (TPSA) is 61.8 Å². The third-order valence-electron chi connectivity index (χ3n) is 10.4. The average Bonchev–Trinajstić information content (AvgIpc) is 3.20. The van der Waals surface area contributed by atoms with Crippen molar-refractivity contribution >= 4 is 11.9 Å². The molecule has 0 N–H and O–H groups in total. The molecule has 0 amide bonds. The van der Waals surface area contributed by atoms with Crippen LogP contribution in [0, 0.1) is 0 Å². The summed E-state index contributed by atoms with van der Waals surface area (Å²) in [6.45, 7) is 7.64. The van der Waals surface area contributed by atoms with Gasteiger partial charge in [-0.2, -0.15) is 0 Å². The summed E-state index contributed by atoms with van der Waals surface area (Å²) in [5.74, 6) is -0.408. The van der Waals surface area contributed by atoms with Gasteiger partial charge in [0.25, 0.3) is 0 Å². The number of esters is 2. The lowest BCUT2D eigenvalue weighted by Crippen LogP contribution is -2.30. The molecule has 0 heterocycles. The standard InChI is InChI=1S/C51H92O5/c1-4-7-10-13-15-17-19-21-23-24-25-26-27-29-31-33-35-37-40-43-46-54-47-49(56-51(53)45-42-38-12-9-6-3)48-55-50(52)44-41-39-36-34-32-30-28-22-20-18-16-14-11-8-5-2/h7,10,15,17,21,23,25-26,49H,4-6,8-9,11-14,16,18-20,22,24,27-48H2,1-3H3/b10-7-,17-15-,23-21-,26-25-. The van der Waals surface area contributed by atoms with E-state index in [1.54, 1.807) is 0 Å². The monoisotopic (exact) mass is 785 g/mol. The molecule has 0 radical (unpaired) electrons. The number of unbranched alkanes of at least 4 members (excludes halogenated alkanes) is 25. The van der Waals surface area contributed by atoms with Crippen molar-refractivity contribution in [3.05, 3.63) is 48.6 Å². The lowest BCUT2D eigenvalue weighted by Gasteiger charge is -2.18.